The summed E-state index contributed by atoms with van der Waals surface area (Å²) in [6, 6.07) is 1.46. The van der Waals surface area contributed by atoms with Crippen LogP contribution in [0.25, 0.3) is 0 Å². The van der Waals surface area contributed by atoms with Crippen LogP contribution < -0.4 is 10.6 Å². The van der Waals surface area contributed by atoms with Crippen LogP contribution in [-0.2, 0) is 6.54 Å². The molecule has 1 aliphatic carbocycles. The first-order chi connectivity index (χ1) is 8.40. The maximum Gasteiger partial charge on any atom is 0.405 e. The highest BCUT2D eigenvalue weighted by molar-refractivity contribution is 6.31. The molecule has 1 fully saturated rings. The number of hydrogen-bond donors (Lipinski definition) is 1. The van der Waals surface area contributed by atoms with Crippen molar-refractivity contribution in [3.05, 3.63) is 22.8 Å². The second-order valence-electron chi connectivity index (χ2n) is 4.31. The quantitative estimate of drug-likeness (QED) is 0.921. The summed E-state index contributed by atoms with van der Waals surface area (Å²) < 4.78 is 37.6. The van der Waals surface area contributed by atoms with Gasteiger partial charge in [0.05, 0.1) is 5.02 Å². The highest BCUT2D eigenvalue weighted by Gasteiger charge is 2.38. The second-order valence-corrected chi connectivity index (χ2v) is 4.72. The average Bonchev–Trinajstić information content (AvgIpc) is 3.09. The summed E-state index contributed by atoms with van der Waals surface area (Å²) in [5.41, 5.74) is 6.09. The summed E-state index contributed by atoms with van der Waals surface area (Å²) in [7, 11) is 0. The fourth-order valence-electron chi connectivity index (χ4n) is 1.76. The van der Waals surface area contributed by atoms with E-state index in [2.05, 4.69) is 4.98 Å². The van der Waals surface area contributed by atoms with Crippen LogP contribution in [0.3, 0.4) is 0 Å². The van der Waals surface area contributed by atoms with Crippen LogP contribution in [0.1, 0.15) is 18.4 Å². The molecule has 0 aromatic carbocycles. The SMILES string of the molecule is NCc1cc(N(CC(F)(F)F)C2CC2)ncc1Cl. The lowest BCUT2D eigenvalue weighted by atomic mass is 10.2. The topological polar surface area (TPSA) is 42.1 Å². The molecule has 7 heteroatoms. The number of alkyl halides is 3. The number of anilines is 1. The highest BCUT2D eigenvalue weighted by atomic mass is 35.5. The Hall–Kier alpha value is -1.01. The van der Waals surface area contributed by atoms with Gasteiger partial charge in [0.1, 0.15) is 12.4 Å². The summed E-state index contributed by atoms with van der Waals surface area (Å²) in [5.74, 6) is 0.291. The zero-order chi connectivity index (χ0) is 13.3. The predicted molar refractivity (Wildman–Crippen MR) is 63.6 cm³/mol. The van der Waals surface area contributed by atoms with E-state index in [0.717, 1.165) is 12.8 Å². The van der Waals surface area contributed by atoms with Crippen molar-refractivity contribution in [2.75, 3.05) is 11.4 Å². The fourth-order valence-corrected chi connectivity index (χ4v) is 1.94. The lowest BCUT2D eigenvalue weighted by Gasteiger charge is -2.25. The van der Waals surface area contributed by atoms with Crippen molar-refractivity contribution in [2.24, 2.45) is 5.73 Å². The minimum Gasteiger partial charge on any atom is -0.345 e. The molecular formula is C11H13ClF3N3. The van der Waals surface area contributed by atoms with Gasteiger partial charge in [0.25, 0.3) is 0 Å². The van der Waals surface area contributed by atoms with E-state index in [0.29, 0.717) is 16.4 Å². The first-order valence-electron chi connectivity index (χ1n) is 5.58. The van der Waals surface area contributed by atoms with E-state index in [1.54, 1.807) is 0 Å². The number of aromatic nitrogens is 1. The Balaban J connectivity index is 2.25. The van der Waals surface area contributed by atoms with Gasteiger partial charge in [-0.2, -0.15) is 13.2 Å². The van der Waals surface area contributed by atoms with E-state index in [1.165, 1.54) is 17.2 Å². The van der Waals surface area contributed by atoms with E-state index in [-0.39, 0.29) is 12.6 Å². The van der Waals surface area contributed by atoms with Crippen LogP contribution in [0, 0.1) is 0 Å². The Bertz CT molecular complexity index is 432. The van der Waals surface area contributed by atoms with Crippen LogP contribution in [0.5, 0.6) is 0 Å². The standard InChI is InChI=1S/C11H13ClF3N3/c12-9-5-17-10(3-7(9)4-16)18(8-1-2-8)6-11(13,14)15/h3,5,8H,1-2,4,6,16H2. The molecule has 100 valence electrons. The molecule has 2 N–H and O–H groups in total. The van der Waals surface area contributed by atoms with Gasteiger partial charge in [-0.25, -0.2) is 4.98 Å². The molecule has 1 saturated carbocycles. The highest BCUT2D eigenvalue weighted by Crippen LogP contribution is 2.34. The molecule has 0 unspecified atom stereocenters. The monoisotopic (exact) mass is 279 g/mol. The number of nitrogens with two attached hydrogens (primary N) is 1. The lowest BCUT2D eigenvalue weighted by molar-refractivity contribution is -0.120. The molecule has 1 aromatic heterocycles. The van der Waals surface area contributed by atoms with Crippen molar-refractivity contribution in [3.63, 3.8) is 0 Å². The first kappa shape index (κ1) is 13.4. The molecule has 2 rings (SSSR count). The van der Waals surface area contributed by atoms with Gasteiger partial charge in [-0.15, -0.1) is 0 Å². The molecule has 0 amide bonds. The molecule has 0 aliphatic heterocycles. The molecule has 0 radical (unpaired) electrons. The summed E-state index contributed by atoms with van der Waals surface area (Å²) >= 11 is 5.85. The Morgan fingerprint density at radius 3 is 2.61 bits per heavy atom. The first-order valence-corrected chi connectivity index (χ1v) is 5.96. The van der Waals surface area contributed by atoms with Crippen molar-refractivity contribution in [2.45, 2.75) is 31.6 Å². The Labute approximate surface area is 108 Å². The number of nitrogens with zero attached hydrogens (tertiary/aromatic N) is 2. The zero-order valence-electron chi connectivity index (χ0n) is 9.54. The maximum atomic E-state index is 12.5. The molecule has 1 heterocycles. The third-order valence-corrected chi connectivity index (χ3v) is 3.11. The Morgan fingerprint density at radius 2 is 2.11 bits per heavy atom. The lowest BCUT2D eigenvalue weighted by Crippen LogP contribution is -2.36. The molecule has 1 aliphatic rings. The summed E-state index contributed by atoms with van der Waals surface area (Å²) in [4.78, 5) is 5.24. The van der Waals surface area contributed by atoms with E-state index >= 15 is 0 Å². The van der Waals surface area contributed by atoms with E-state index in [9.17, 15) is 13.2 Å². The van der Waals surface area contributed by atoms with Crippen molar-refractivity contribution in [1.82, 2.24) is 4.98 Å². The van der Waals surface area contributed by atoms with Crippen LogP contribution >= 0.6 is 11.6 Å². The predicted octanol–water partition coefficient (Wildman–Crippen LogP) is 2.72. The summed E-state index contributed by atoms with van der Waals surface area (Å²) in [6.07, 6.45) is -1.37. The molecule has 1 aromatic rings. The Kier molecular flexibility index (Phi) is 3.68. The van der Waals surface area contributed by atoms with E-state index in [1.807, 2.05) is 0 Å². The van der Waals surface area contributed by atoms with Gasteiger partial charge in [-0.1, -0.05) is 11.6 Å². The van der Waals surface area contributed by atoms with E-state index in [4.69, 9.17) is 17.3 Å². The Morgan fingerprint density at radius 1 is 1.44 bits per heavy atom. The van der Waals surface area contributed by atoms with Crippen LogP contribution in [-0.4, -0.2) is 23.7 Å². The normalized spacial score (nSPS) is 15.8. The minimum atomic E-state index is -4.24. The number of hydrogen-bond acceptors (Lipinski definition) is 3. The fraction of sp³-hybridized carbons (Fsp3) is 0.545. The van der Waals surface area contributed by atoms with Gasteiger partial charge in [-0.3, -0.25) is 0 Å². The van der Waals surface area contributed by atoms with Crippen LogP contribution in [0.4, 0.5) is 19.0 Å². The van der Waals surface area contributed by atoms with Crippen molar-refractivity contribution in [1.29, 1.82) is 0 Å². The van der Waals surface area contributed by atoms with Gasteiger partial charge in [-0.05, 0) is 24.5 Å². The van der Waals surface area contributed by atoms with Gasteiger partial charge in [0, 0.05) is 18.8 Å². The van der Waals surface area contributed by atoms with E-state index < -0.39 is 12.7 Å². The number of halogens is 4. The van der Waals surface area contributed by atoms with Crippen molar-refractivity contribution in [3.8, 4) is 0 Å². The van der Waals surface area contributed by atoms with Crippen molar-refractivity contribution >= 4 is 17.4 Å². The smallest absolute Gasteiger partial charge is 0.345 e. The van der Waals surface area contributed by atoms with Gasteiger partial charge >= 0.3 is 6.18 Å². The summed E-state index contributed by atoms with van der Waals surface area (Å²) in [5, 5.41) is 0.379. The molecule has 0 bridgehead atoms. The molecule has 0 spiro atoms. The molecule has 18 heavy (non-hydrogen) atoms. The van der Waals surface area contributed by atoms with Gasteiger partial charge in [0.15, 0.2) is 0 Å². The minimum absolute atomic E-state index is 0.0778. The molecule has 0 atom stereocenters. The van der Waals surface area contributed by atoms with Crippen LogP contribution in [0.15, 0.2) is 12.3 Å². The van der Waals surface area contributed by atoms with Crippen molar-refractivity contribution < 1.29 is 13.2 Å². The second kappa shape index (κ2) is 4.93. The molecular weight excluding hydrogens is 267 g/mol. The van der Waals surface area contributed by atoms with Gasteiger partial charge in [0.2, 0.25) is 0 Å². The number of pyridine rings is 1. The zero-order valence-corrected chi connectivity index (χ0v) is 10.3. The molecule has 0 saturated heterocycles. The van der Waals surface area contributed by atoms with Crippen LogP contribution in [0.2, 0.25) is 5.02 Å². The average molecular weight is 280 g/mol. The third kappa shape index (κ3) is 3.26. The maximum absolute atomic E-state index is 12.5. The largest absolute Gasteiger partial charge is 0.405 e. The van der Waals surface area contributed by atoms with Gasteiger partial charge < -0.3 is 10.6 Å². The number of rotatable bonds is 4. The summed E-state index contributed by atoms with van der Waals surface area (Å²) in [6.45, 7) is -0.810. The third-order valence-electron chi connectivity index (χ3n) is 2.77. The molecule has 3 nitrogen and oxygen atoms in total.